The fraction of sp³-hybridized carbons (Fsp3) is 0.182. The molecule has 0 saturated carbocycles. The van der Waals surface area contributed by atoms with E-state index in [0.717, 1.165) is 18.5 Å². The predicted octanol–water partition coefficient (Wildman–Crippen LogP) is 2.16. The van der Waals surface area contributed by atoms with Crippen molar-refractivity contribution in [3.8, 4) is 0 Å². The highest BCUT2D eigenvalue weighted by molar-refractivity contribution is 7.90. The fourth-order valence-corrected chi connectivity index (χ4v) is 2.51. The molecule has 0 aliphatic heterocycles. The van der Waals surface area contributed by atoms with E-state index in [1.54, 1.807) is 17.4 Å². The van der Waals surface area contributed by atoms with Gasteiger partial charge >= 0.3 is 0 Å². The standard InChI is InChI=1S/C11H12N2O2S2/c1-17(14,15)11-5-4-9(7-13-11)12-8-10-3-2-6-16-10/h2-7,12H,8H2,1H3. The molecule has 0 fully saturated rings. The zero-order valence-electron chi connectivity index (χ0n) is 9.25. The summed E-state index contributed by atoms with van der Waals surface area (Å²) in [6.45, 7) is 0.720. The molecule has 2 rings (SSSR count). The highest BCUT2D eigenvalue weighted by atomic mass is 32.2. The van der Waals surface area contributed by atoms with Crippen LogP contribution in [-0.2, 0) is 16.4 Å². The van der Waals surface area contributed by atoms with Gasteiger partial charge in [0.25, 0.3) is 0 Å². The Balaban J connectivity index is 2.04. The van der Waals surface area contributed by atoms with E-state index in [0.29, 0.717) is 0 Å². The molecule has 0 aliphatic rings. The lowest BCUT2D eigenvalue weighted by Gasteiger charge is -2.04. The average molecular weight is 268 g/mol. The summed E-state index contributed by atoms with van der Waals surface area (Å²) in [4.78, 5) is 5.12. The maximum Gasteiger partial charge on any atom is 0.192 e. The molecule has 0 radical (unpaired) electrons. The molecule has 2 heterocycles. The Morgan fingerprint density at radius 3 is 2.71 bits per heavy atom. The molecule has 90 valence electrons. The van der Waals surface area contributed by atoms with Crippen LogP contribution in [-0.4, -0.2) is 19.7 Å². The monoisotopic (exact) mass is 268 g/mol. The predicted molar refractivity (Wildman–Crippen MR) is 69.0 cm³/mol. The first-order valence-electron chi connectivity index (χ1n) is 4.98. The van der Waals surface area contributed by atoms with Crippen LogP contribution in [0.3, 0.4) is 0 Å². The molecule has 0 amide bonds. The third kappa shape index (κ3) is 3.28. The van der Waals surface area contributed by atoms with E-state index in [1.807, 2.05) is 17.5 Å². The van der Waals surface area contributed by atoms with E-state index < -0.39 is 9.84 Å². The molecule has 0 spiro atoms. The Bertz CT molecular complexity index is 574. The van der Waals surface area contributed by atoms with E-state index in [4.69, 9.17) is 0 Å². The second-order valence-electron chi connectivity index (χ2n) is 3.59. The third-order valence-electron chi connectivity index (χ3n) is 2.16. The largest absolute Gasteiger partial charge is 0.379 e. The summed E-state index contributed by atoms with van der Waals surface area (Å²) in [6.07, 6.45) is 2.68. The average Bonchev–Trinajstić information content (AvgIpc) is 2.78. The van der Waals surface area contributed by atoms with Crippen LogP contribution in [0.5, 0.6) is 0 Å². The number of thiophene rings is 1. The number of hydrogen-bond acceptors (Lipinski definition) is 5. The van der Waals surface area contributed by atoms with Crippen LogP contribution in [0.4, 0.5) is 5.69 Å². The smallest absolute Gasteiger partial charge is 0.192 e. The van der Waals surface area contributed by atoms with Gasteiger partial charge in [0.2, 0.25) is 0 Å². The first-order valence-corrected chi connectivity index (χ1v) is 7.75. The van der Waals surface area contributed by atoms with Gasteiger partial charge in [-0.3, -0.25) is 0 Å². The quantitative estimate of drug-likeness (QED) is 0.923. The molecule has 17 heavy (non-hydrogen) atoms. The SMILES string of the molecule is CS(=O)(=O)c1ccc(NCc2cccs2)cn1. The summed E-state index contributed by atoms with van der Waals surface area (Å²) in [5.41, 5.74) is 0.811. The molecule has 0 atom stereocenters. The maximum absolute atomic E-state index is 11.2. The number of pyridine rings is 1. The zero-order chi connectivity index (χ0) is 12.3. The van der Waals surface area contributed by atoms with Crippen molar-refractivity contribution in [2.24, 2.45) is 0 Å². The van der Waals surface area contributed by atoms with Crippen LogP contribution in [0.2, 0.25) is 0 Å². The summed E-state index contributed by atoms with van der Waals surface area (Å²) in [5.74, 6) is 0. The van der Waals surface area contributed by atoms with Gasteiger partial charge in [0, 0.05) is 17.7 Å². The molecular formula is C11H12N2O2S2. The minimum absolute atomic E-state index is 0.0965. The summed E-state index contributed by atoms with van der Waals surface area (Å²) < 4.78 is 22.4. The van der Waals surface area contributed by atoms with Crippen LogP contribution in [0.25, 0.3) is 0 Å². The lowest BCUT2D eigenvalue weighted by Crippen LogP contribution is -2.02. The molecule has 0 aromatic carbocycles. The van der Waals surface area contributed by atoms with Crippen LogP contribution in [0.1, 0.15) is 4.88 Å². The van der Waals surface area contributed by atoms with Gasteiger partial charge in [0.1, 0.15) is 0 Å². The first kappa shape index (κ1) is 12.1. The number of aromatic nitrogens is 1. The fourth-order valence-electron chi connectivity index (χ4n) is 1.31. The molecule has 2 aromatic rings. The van der Waals surface area contributed by atoms with Gasteiger partial charge in [0.05, 0.1) is 11.9 Å². The summed E-state index contributed by atoms with van der Waals surface area (Å²) in [6, 6.07) is 7.26. The van der Waals surface area contributed by atoms with E-state index in [2.05, 4.69) is 10.3 Å². The number of hydrogen-bond donors (Lipinski definition) is 1. The van der Waals surface area contributed by atoms with Gasteiger partial charge in [-0.15, -0.1) is 11.3 Å². The summed E-state index contributed by atoms with van der Waals surface area (Å²) >= 11 is 1.67. The van der Waals surface area contributed by atoms with Crippen molar-refractivity contribution >= 4 is 26.9 Å². The van der Waals surface area contributed by atoms with Crippen LogP contribution in [0, 0.1) is 0 Å². The normalized spacial score (nSPS) is 11.4. The summed E-state index contributed by atoms with van der Waals surface area (Å²) in [7, 11) is -3.21. The van der Waals surface area contributed by atoms with Crippen molar-refractivity contribution < 1.29 is 8.42 Å². The van der Waals surface area contributed by atoms with Gasteiger partial charge in [-0.1, -0.05) is 6.07 Å². The van der Waals surface area contributed by atoms with Crippen molar-refractivity contribution in [2.45, 2.75) is 11.6 Å². The summed E-state index contributed by atoms with van der Waals surface area (Å²) in [5, 5.41) is 5.29. The molecule has 0 aliphatic carbocycles. The van der Waals surface area contributed by atoms with Gasteiger partial charge in [-0.05, 0) is 23.6 Å². The Morgan fingerprint density at radius 1 is 1.35 bits per heavy atom. The highest BCUT2D eigenvalue weighted by Crippen LogP contribution is 2.13. The third-order valence-corrected chi connectivity index (χ3v) is 4.04. The van der Waals surface area contributed by atoms with E-state index in [9.17, 15) is 8.42 Å². The van der Waals surface area contributed by atoms with E-state index in [-0.39, 0.29) is 5.03 Å². The van der Waals surface area contributed by atoms with Gasteiger partial charge in [-0.2, -0.15) is 0 Å². The molecule has 2 aromatic heterocycles. The van der Waals surface area contributed by atoms with Crippen LogP contribution in [0.15, 0.2) is 40.9 Å². The van der Waals surface area contributed by atoms with E-state index >= 15 is 0 Å². The van der Waals surface area contributed by atoms with Gasteiger partial charge in [0.15, 0.2) is 14.9 Å². The van der Waals surface area contributed by atoms with Crippen molar-refractivity contribution in [3.63, 3.8) is 0 Å². The second kappa shape index (κ2) is 4.85. The molecule has 1 N–H and O–H groups in total. The Kier molecular flexibility index (Phi) is 3.44. The molecule has 4 nitrogen and oxygen atoms in total. The molecule has 6 heteroatoms. The van der Waals surface area contributed by atoms with Gasteiger partial charge in [-0.25, -0.2) is 13.4 Å². The van der Waals surface area contributed by atoms with Crippen LogP contribution < -0.4 is 5.32 Å². The minimum Gasteiger partial charge on any atom is -0.379 e. The highest BCUT2D eigenvalue weighted by Gasteiger charge is 2.07. The van der Waals surface area contributed by atoms with Crippen molar-refractivity contribution in [1.29, 1.82) is 0 Å². The van der Waals surface area contributed by atoms with Crippen molar-refractivity contribution in [3.05, 3.63) is 40.7 Å². The molecule has 0 saturated heterocycles. The Labute approximate surface area is 104 Å². The van der Waals surface area contributed by atoms with E-state index in [1.165, 1.54) is 17.1 Å². The number of sulfone groups is 1. The topological polar surface area (TPSA) is 59.1 Å². The minimum atomic E-state index is -3.21. The number of nitrogens with one attached hydrogen (secondary N) is 1. The lowest BCUT2D eigenvalue weighted by atomic mass is 10.4. The second-order valence-corrected chi connectivity index (χ2v) is 6.59. The van der Waals surface area contributed by atoms with Gasteiger partial charge < -0.3 is 5.32 Å². The maximum atomic E-state index is 11.2. The molecule has 0 bridgehead atoms. The lowest BCUT2D eigenvalue weighted by molar-refractivity contribution is 0.598. The Hall–Kier alpha value is -1.40. The zero-order valence-corrected chi connectivity index (χ0v) is 10.9. The molecule has 0 unspecified atom stereocenters. The van der Waals surface area contributed by atoms with Crippen molar-refractivity contribution in [1.82, 2.24) is 4.98 Å². The molecular weight excluding hydrogens is 256 g/mol. The number of rotatable bonds is 4. The number of anilines is 1. The Morgan fingerprint density at radius 2 is 2.18 bits per heavy atom. The van der Waals surface area contributed by atoms with Crippen LogP contribution >= 0.6 is 11.3 Å². The first-order chi connectivity index (χ1) is 8.05. The number of nitrogens with zero attached hydrogens (tertiary/aromatic N) is 1. The van der Waals surface area contributed by atoms with Crippen molar-refractivity contribution in [2.75, 3.05) is 11.6 Å².